The largest absolute Gasteiger partial charge is 0.466 e. The fraction of sp³-hybridized carbons (Fsp3) is 0.905. The van der Waals surface area contributed by atoms with Gasteiger partial charge in [0.1, 0.15) is 23.7 Å². The number of hydrogen-bond acceptors (Lipinski definition) is 28. The average molecular weight is 2120 g/mol. The molecule has 1 aromatic heterocycles. The lowest BCUT2D eigenvalue weighted by Gasteiger charge is -2.57. The Kier molecular flexibility index (Phi) is 50.6. The Balaban J connectivity index is 0.000000164. The van der Waals surface area contributed by atoms with Crippen molar-refractivity contribution in [3.8, 4) is 0 Å². The topological polar surface area (TPSA) is 252 Å². The highest BCUT2D eigenvalue weighted by Crippen LogP contribution is 2.42. The predicted molar refractivity (Wildman–Crippen MR) is 598 cm³/mol. The molecule has 23 aliphatic heterocycles. The number of esters is 1. The number of carbonyl (C=O) groups excluding carboxylic acids is 5. The molecule has 0 aromatic carbocycles. The first-order chi connectivity index (χ1) is 69.9. The van der Waals surface area contributed by atoms with Crippen LogP contribution in [0.15, 0.2) is 27.7 Å². The van der Waals surface area contributed by atoms with E-state index in [1.54, 1.807) is 23.0 Å². The van der Waals surface area contributed by atoms with Gasteiger partial charge in [0.05, 0.1) is 88.7 Å². The smallest absolute Gasteiger partial charge is 0.410 e. The van der Waals surface area contributed by atoms with Crippen LogP contribution in [0.3, 0.4) is 0 Å². The van der Waals surface area contributed by atoms with Crippen molar-refractivity contribution in [3.05, 3.63) is 34.8 Å². The van der Waals surface area contributed by atoms with Crippen LogP contribution in [-0.4, -0.2) is 459 Å². The number of thioether (sulfide) groups is 1. The van der Waals surface area contributed by atoms with E-state index < -0.39 is 9.84 Å². The maximum atomic E-state index is 11.2. The van der Waals surface area contributed by atoms with E-state index in [0.29, 0.717) is 133 Å². The molecule has 8 bridgehead atoms. The molecular weight excluding hydrogens is 1910 g/mol. The first-order valence-corrected chi connectivity index (χ1v) is 61.5. The van der Waals surface area contributed by atoms with Gasteiger partial charge in [-0.25, -0.2) is 13.2 Å². The van der Waals surface area contributed by atoms with Gasteiger partial charge in [0.2, 0.25) is 17.7 Å². The van der Waals surface area contributed by atoms with E-state index in [1.165, 1.54) is 140 Å². The molecule has 32 heteroatoms. The lowest BCUT2D eigenvalue weighted by Crippen LogP contribution is -2.70. The number of aryl methyl sites for hydroxylation is 1. The van der Waals surface area contributed by atoms with E-state index in [0.717, 1.165) is 197 Å². The van der Waals surface area contributed by atoms with E-state index in [4.69, 9.17) is 42.3 Å². The Morgan fingerprint density at radius 1 is 0.419 bits per heavy atom. The van der Waals surface area contributed by atoms with Crippen molar-refractivity contribution in [2.45, 2.75) is 441 Å². The summed E-state index contributed by atoms with van der Waals surface area (Å²) in [7, 11) is 1.77. The number of furan rings is 1. The second-order valence-electron chi connectivity index (χ2n) is 50.1. The minimum absolute atomic E-state index is 0.00277. The summed E-state index contributed by atoms with van der Waals surface area (Å²) in [6.07, 6.45) is 18.1. The minimum atomic E-state index is -2.69. The maximum absolute atomic E-state index is 11.2. The van der Waals surface area contributed by atoms with Crippen LogP contribution in [0.2, 0.25) is 0 Å². The lowest BCUT2D eigenvalue weighted by molar-refractivity contribution is -0.153. The van der Waals surface area contributed by atoms with E-state index in [9.17, 15) is 32.4 Å². The Labute approximate surface area is 902 Å². The number of likely N-dealkylation sites (tertiary alicyclic amines) is 6. The number of piperazine rings is 2. The third kappa shape index (κ3) is 37.1. The van der Waals surface area contributed by atoms with Crippen molar-refractivity contribution in [2.75, 3.05) is 214 Å². The molecule has 24 rings (SSSR count). The van der Waals surface area contributed by atoms with Crippen molar-refractivity contribution >= 4 is 51.4 Å². The first-order valence-electron chi connectivity index (χ1n) is 58.5. The highest BCUT2D eigenvalue weighted by molar-refractivity contribution is 7.99. The number of amides is 4. The van der Waals surface area contributed by atoms with Gasteiger partial charge in [-0.2, -0.15) is 11.8 Å². The predicted octanol–water partition coefficient (Wildman–Crippen LogP) is 15.5. The zero-order valence-corrected chi connectivity index (χ0v) is 100. The van der Waals surface area contributed by atoms with Crippen LogP contribution in [0.4, 0.5) is 4.79 Å². The molecule has 12 atom stereocenters. The third-order valence-electron chi connectivity index (χ3n) is 34.6. The SMILES string of the molecule is CC(=O)N1C2CC1CN(C(C)C)C2.CC(C)C1COCCOC1.CC(C)N1C(=O)CCC1=O.CC(C)N1C2CC1CS(=O)(=O)C2.CC(C)N1C2CCC1CN(C)C2.CC(C)N1C2CCC1CSC2.CC(C)N1CC2=C(CN(C)C2)C1.CC(C)N1CC2COCC2C1.CC(C)N1CC2OCCOC2C1.CC(C)N1CCC2(CCC(=O)O2)CC1.CC(C)N1CCC2(CCCO2)CC1.CC(C)N1CCOC1=O.Cc1ccc(C(C)C)o1. The molecule has 854 valence electrons. The molecule has 21 saturated heterocycles. The summed E-state index contributed by atoms with van der Waals surface area (Å²) < 4.78 is 71.2. The summed E-state index contributed by atoms with van der Waals surface area (Å²) in [5.41, 5.74) is 3.59. The lowest BCUT2D eigenvalue weighted by atomic mass is 9.87. The molecular formula is C116H212N14O16S2. The normalized spacial score (nSPS) is 29.8. The number of ether oxygens (including phenoxy) is 8. The van der Waals surface area contributed by atoms with E-state index >= 15 is 0 Å². The Morgan fingerprint density at radius 2 is 0.865 bits per heavy atom. The molecule has 4 amide bonds. The van der Waals surface area contributed by atoms with Gasteiger partial charge >= 0.3 is 12.1 Å². The number of hydrogen-bond donors (Lipinski definition) is 0. The van der Waals surface area contributed by atoms with Crippen molar-refractivity contribution in [3.63, 3.8) is 0 Å². The summed E-state index contributed by atoms with van der Waals surface area (Å²) in [5, 5.41) is 0. The fourth-order valence-electron chi connectivity index (χ4n) is 25.7. The summed E-state index contributed by atoms with van der Waals surface area (Å²) in [4.78, 5) is 87.7. The van der Waals surface area contributed by atoms with Gasteiger partial charge in [-0.05, 0) is 286 Å². The Morgan fingerprint density at radius 3 is 1.23 bits per heavy atom. The van der Waals surface area contributed by atoms with Crippen LogP contribution >= 0.6 is 11.8 Å². The van der Waals surface area contributed by atoms with Gasteiger partial charge in [0.15, 0.2) is 9.84 Å². The number of imide groups is 1. The standard InChI is InChI=1S/C11H19NO2.C11H21NO.C10H18N2O.C10H18N2.C10H20N2.C9H17NO2.C9H17NO.C9H17NS.C8H15NO2S.C8H16O2.C8H12O.C7H11NO2.C6H11NO2/c1-9(2)12-7-5-11(6-8-12)4-3-10(13)14-11;1-10(2)12-7-5-11(6-8-12)4-3-9-13-11;1-7(2)11-5-9-4-10(6-11)12(9)8(3)13;1-8(2)12-6-9-4-11(3)5-10(9)7-12;1-8(2)12-9-4-5-10(12)7-11(3)6-9;1-7(2)10-5-8-9(6-10)12-4-3-11-8;1-7(2)10-3-8-5-11-6-9(8)4-10;1-7(2)10-8-3-4-9(10)6-11-5-8;1-6(2)9-7-3-8(9)5-12(10,11)4-7;1-7(2)8-5-9-3-4-10-6-8;1-6(2)8-5-4-7(3)9-8;1-5(2)8-6(9)3-4-7(8)10;1-5(2)7-3-4-9-6(7)8/h9H,3-8H2,1-2H3;10H,3-9H2,1-2H3;7,9-10H,4-6H2,1-3H3;8H,4-7H2,1-3H3;8-10H,4-7H2,1-3H3;7-9H,3-6H2,1-2H3;2*7-9H,3-6H2,1-2H3;6-8H,3-5H2,1-2H3;7-8H,3-6H2,1-2H3;4-6H,1-3H3;5H,3-4H2,1-2H3;5H,3-4H2,1-2H3. The van der Waals surface area contributed by atoms with Gasteiger partial charge in [-0.3, -0.25) is 58.4 Å². The van der Waals surface area contributed by atoms with Crippen LogP contribution in [0.1, 0.15) is 307 Å². The van der Waals surface area contributed by atoms with E-state index in [2.05, 4.69) is 237 Å². The zero-order chi connectivity index (χ0) is 109. The molecule has 12 unspecified atom stereocenters. The second-order valence-corrected chi connectivity index (χ2v) is 53.3. The monoisotopic (exact) mass is 2120 g/mol. The molecule has 2 spiro atoms. The number of cyclic esters (lactones) is 1. The highest BCUT2D eigenvalue weighted by Gasteiger charge is 2.51. The molecule has 0 aliphatic carbocycles. The fourth-order valence-corrected chi connectivity index (χ4v) is 29.0. The quantitative estimate of drug-likeness (QED) is 0.101. The molecule has 0 saturated carbocycles. The van der Waals surface area contributed by atoms with Gasteiger partial charge in [-0.15, -0.1) is 0 Å². The number of nitrogens with zero attached hydrogens (tertiary/aromatic N) is 14. The molecule has 148 heavy (non-hydrogen) atoms. The minimum Gasteiger partial charge on any atom is -0.466 e. The highest BCUT2D eigenvalue weighted by atomic mass is 32.2. The number of sulfone groups is 1. The maximum Gasteiger partial charge on any atom is 0.410 e. The summed E-state index contributed by atoms with van der Waals surface area (Å²) in [6.45, 7) is 88.6. The van der Waals surface area contributed by atoms with Crippen LogP contribution in [0, 0.1) is 30.6 Å². The summed E-state index contributed by atoms with van der Waals surface area (Å²) in [5.74, 6) is 9.31. The van der Waals surface area contributed by atoms with Crippen molar-refractivity contribution < 1.29 is 74.7 Å². The zero-order valence-electron chi connectivity index (χ0n) is 98.5. The molecule has 0 radical (unpaired) electrons. The molecule has 21 fully saturated rings. The molecule has 0 N–H and O–H groups in total. The number of carbonyl (C=O) groups is 5. The van der Waals surface area contributed by atoms with Crippen LogP contribution < -0.4 is 0 Å². The van der Waals surface area contributed by atoms with Crippen molar-refractivity contribution in [1.29, 1.82) is 0 Å². The third-order valence-corrected chi connectivity index (χ3v) is 37.6. The van der Waals surface area contributed by atoms with Crippen molar-refractivity contribution in [1.82, 2.24) is 68.6 Å². The number of piperidine rings is 3. The Hall–Kier alpha value is -4.01. The molecule has 30 nitrogen and oxygen atoms in total. The van der Waals surface area contributed by atoms with Gasteiger partial charge in [0.25, 0.3) is 0 Å². The average Bonchev–Trinajstić information content (AvgIpc) is 1.23. The van der Waals surface area contributed by atoms with E-state index in [1.807, 2.05) is 46.8 Å². The summed E-state index contributed by atoms with van der Waals surface area (Å²) in [6, 6.07) is 15.6. The Bertz CT molecular complexity index is 4130. The number of fused-ring (bicyclic) bond motifs is 10. The van der Waals surface area contributed by atoms with Gasteiger partial charge in [-0.1, -0.05) is 27.7 Å². The first kappa shape index (κ1) is 126. The molecule has 24 heterocycles. The van der Waals surface area contributed by atoms with Crippen LogP contribution in [0.25, 0.3) is 0 Å². The van der Waals surface area contributed by atoms with Gasteiger partial charge < -0.3 is 71.7 Å². The van der Waals surface area contributed by atoms with Crippen LogP contribution in [0.5, 0.6) is 0 Å². The van der Waals surface area contributed by atoms with Crippen LogP contribution in [-0.2, 0) is 66.9 Å². The van der Waals surface area contributed by atoms with E-state index in [-0.39, 0.29) is 47.5 Å². The van der Waals surface area contributed by atoms with Gasteiger partial charge in [0, 0.05) is 287 Å². The molecule has 23 aliphatic rings. The van der Waals surface area contributed by atoms with Crippen molar-refractivity contribution in [2.24, 2.45) is 23.7 Å². The summed E-state index contributed by atoms with van der Waals surface area (Å²) >= 11 is 2.15. The number of rotatable bonds is 13. The molecule has 1 aromatic rings. The number of likely N-dealkylation sites (N-methyl/N-ethyl adjacent to an activating group) is 2. The second kappa shape index (κ2) is 59.6.